The lowest BCUT2D eigenvalue weighted by Crippen LogP contribution is -2.43. The number of nitrogens with zero attached hydrogens (tertiary/aromatic N) is 2. The average molecular weight is 367 g/mol. The molecule has 6 heteroatoms. The quantitative estimate of drug-likeness (QED) is 0.817. The number of carbonyl (C=O) groups is 2. The van der Waals surface area contributed by atoms with Crippen LogP contribution in [0.25, 0.3) is 0 Å². The molecule has 3 rings (SSSR count). The number of rotatable bonds is 6. The Labute approximate surface area is 159 Å². The van der Waals surface area contributed by atoms with Crippen molar-refractivity contribution in [1.82, 2.24) is 15.1 Å². The van der Waals surface area contributed by atoms with E-state index in [0.717, 1.165) is 38.3 Å². The smallest absolute Gasteiger partial charge is 0.330 e. The van der Waals surface area contributed by atoms with Crippen molar-refractivity contribution in [2.45, 2.75) is 12.6 Å². The lowest BCUT2D eigenvalue weighted by Gasteiger charge is -2.32. The number of hydrogen-bond acceptors (Lipinski definition) is 4. The normalized spacial score (nSPS) is 16.6. The number of benzene rings is 2. The van der Waals surface area contributed by atoms with E-state index in [9.17, 15) is 14.7 Å². The van der Waals surface area contributed by atoms with Gasteiger partial charge >= 0.3 is 5.97 Å². The number of hydrogen-bond donors (Lipinski definition) is 2. The second-order valence-corrected chi connectivity index (χ2v) is 6.94. The van der Waals surface area contributed by atoms with Crippen LogP contribution in [0.4, 0.5) is 0 Å². The predicted octanol–water partition coefficient (Wildman–Crippen LogP) is 1.99. The first-order chi connectivity index (χ1) is 13.0. The zero-order valence-corrected chi connectivity index (χ0v) is 15.5. The van der Waals surface area contributed by atoms with Gasteiger partial charge in [0.2, 0.25) is 0 Å². The highest BCUT2D eigenvalue weighted by Gasteiger charge is 2.22. The lowest BCUT2D eigenvalue weighted by atomic mass is 10.1. The van der Waals surface area contributed by atoms with Gasteiger partial charge in [0.05, 0.1) is 0 Å². The summed E-state index contributed by atoms with van der Waals surface area (Å²) in [6.45, 7) is 4.87. The minimum atomic E-state index is -1.08. The predicted molar refractivity (Wildman–Crippen MR) is 104 cm³/mol. The van der Waals surface area contributed by atoms with Gasteiger partial charge in [-0.3, -0.25) is 9.69 Å². The molecule has 0 aliphatic carbocycles. The Balaban J connectivity index is 1.68. The zero-order chi connectivity index (χ0) is 19.2. The Morgan fingerprint density at radius 3 is 2.41 bits per heavy atom. The molecule has 2 aromatic rings. The van der Waals surface area contributed by atoms with Gasteiger partial charge in [0.1, 0.15) is 0 Å². The fourth-order valence-electron chi connectivity index (χ4n) is 3.22. The third-order valence-corrected chi connectivity index (χ3v) is 4.85. The summed E-state index contributed by atoms with van der Waals surface area (Å²) in [5, 5.41) is 12.1. The molecule has 1 aliphatic heterocycles. The summed E-state index contributed by atoms with van der Waals surface area (Å²) in [7, 11) is 2.12. The second kappa shape index (κ2) is 8.79. The topological polar surface area (TPSA) is 72.9 Å². The zero-order valence-electron chi connectivity index (χ0n) is 15.5. The highest BCUT2D eigenvalue weighted by Crippen LogP contribution is 2.15. The van der Waals surface area contributed by atoms with Crippen molar-refractivity contribution in [3.05, 3.63) is 71.3 Å². The first-order valence-corrected chi connectivity index (χ1v) is 9.11. The summed E-state index contributed by atoms with van der Waals surface area (Å²) in [6.07, 6.45) is 0. The van der Waals surface area contributed by atoms with Crippen LogP contribution in [0.15, 0.2) is 54.6 Å². The van der Waals surface area contributed by atoms with Crippen molar-refractivity contribution < 1.29 is 14.7 Å². The van der Waals surface area contributed by atoms with E-state index in [4.69, 9.17) is 0 Å². The Hall–Kier alpha value is -2.70. The lowest BCUT2D eigenvalue weighted by molar-refractivity contribution is -0.139. The van der Waals surface area contributed by atoms with Crippen molar-refractivity contribution in [2.24, 2.45) is 0 Å². The van der Waals surface area contributed by atoms with E-state index >= 15 is 0 Å². The number of likely N-dealkylation sites (N-methyl/N-ethyl adjacent to an activating group) is 1. The maximum Gasteiger partial charge on any atom is 0.330 e. The molecule has 0 aromatic heterocycles. The molecule has 2 N–H and O–H groups in total. The monoisotopic (exact) mass is 367 g/mol. The van der Waals surface area contributed by atoms with Gasteiger partial charge in [-0.1, -0.05) is 42.5 Å². The third-order valence-electron chi connectivity index (χ3n) is 4.85. The van der Waals surface area contributed by atoms with Crippen molar-refractivity contribution in [3.8, 4) is 0 Å². The SMILES string of the molecule is CN1CCN(Cc2cccc(C(=O)N[C@@H](C(=O)O)c3ccccc3)c2)CC1. The Morgan fingerprint density at radius 2 is 1.74 bits per heavy atom. The van der Waals surface area contributed by atoms with Gasteiger partial charge in [0.15, 0.2) is 6.04 Å². The van der Waals surface area contributed by atoms with E-state index in [1.54, 1.807) is 30.3 Å². The summed E-state index contributed by atoms with van der Waals surface area (Å²) >= 11 is 0. The van der Waals surface area contributed by atoms with E-state index < -0.39 is 12.0 Å². The fraction of sp³-hybridized carbons (Fsp3) is 0.333. The average Bonchev–Trinajstić information content (AvgIpc) is 2.68. The van der Waals surface area contributed by atoms with Crippen LogP contribution in [0, 0.1) is 0 Å². The summed E-state index contributed by atoms with van der Waals surface area (Å²) in [5.41, 5.74) is 2.08. The Morgan fingerprint density at radius 1 is 1.04 bits per heavy atom. The number of aliphatic carboxylic acids is 1. The van der Waals surface area contributed by atoms with Crippen molar-refractivity contribution >= 4 is 11.9 Å². The molecule has 2 aromatic carbocycles. The molecule has 0 radical (unpaired) electrons. The van der Waals surface area contributed by atoms with Crippen LogP contribution in [-0.2, 0) is 11.3 Å². The van der Waals surface area contributed by atoms with Gasteiger partial charge in [-0.25, -0.2) is 4.79 Å². The van der Waals surface area contributed by atoms with Crippen molar-refractivity contribution in [1.29, 1.82) is 0 Å². The molecule has 0 bridgehead atoms. The van der Waals surface area contributed by atoms with Crippen LogP contribution in [-0.4, -0.2) is 60.0 Å². The van der Waals surface area contributed by atoms with E-state index in [1.807, 2.05) is 24.3 Å². The van der Waals surface area contributed by atoms with E-state index in [0.29, 0.717) is 11.1 Å². The molecule has 1 saturated heterocycles. The highest BCUT2D eigenvalue weighted by atomic mass is 16.4. The standard InChI is InChI=1S/C21H25N3O3/c1-23-10-12-24(13-11-23)15-16-6-5-9-18(14-16)20(25)22-19(21(26)27)17-7-3-2-4-8-17/h2-9,14,19H,10-13,15H2,1H3,(H,22,25)(H,26,27)/t19-/m1/s1. The minimum absolute atomic E-state index is 0.383. The van der Waals surface area contributed by atoms with Crippen LogP contribution in [0.3, 0.4) is 0 Å². The molecule has 0 spiro atoms. The van der Waals surface area contributed by atoms with Crippen molar-refractivity contribution in [3.63, 3.8) is 0 Å². The molecule has 0 unspecified atom stereocenters. The fourth-order valence-corrected chi connectivity index (χ4v) is 3.22. The largest absolute Gasteiger partial charge is 0.479 e. The molecular formula is C21H25N3O3. The molecular weight excluding hydrogens is 342 g/mol. The molecule has 1 aliphatic rings. The van der Waals surface area contributed by atoms with Gasteiger partial charge in [-0.15, -0.1) is 0 Å². The number of carbonyl (C=O) groups excluding carboxylic acids is 1. The van der Waals surface area contributed by atoms with Gasteiger partial charge in [0.25, 0.3) is 5.91 Å². The van der Waals surface area contributed by atoms with Crippen LogP contribution in [0.5, 0.6) is 0 Å². The first kappa shape index (κ1) is 19.1. The van der Waals surface area contributed by atoms with E-state index in [-0.39, 0.29) is 5.91 Å². The maximum absolute atomic E-state index is 12.6. The summed E-state index contributed by atoms with van der Waals surface area (Å²) in [4.78, 5) is 28.9. The summed E-state index contributed by atoms with van der Waals surface area (Å²) in [5.74, 6) is -1.46. The maximum atomic E-state index is 12.6. The van der Waals surface area contributed by atoms with Gasteiger partial charge in [0, 0.05) is 38.3 Å². The molecule has 1 amide bonds. The Kier molecular flexibility index (Phi) is 6.21. The molecule has 0 saturated carbocycles. The molecule has 1 heterocycles. The van der Waals surface area contributed by atoms with Crippen molar-refractivity contribution in [2.75, 3.05) is 33.2 Å². The number of amides is 1. The third kappa shape index (κ3) is 5.15. The van der Waals surface area contributed by atoms with Crippen LogP contribution in [0.2, 0.25) is 0 Å². The van der Waals surface area contributed by atoms with Crippen LogP contribution in [0.1, 0.15) is 27.5 Å². The molecule has 27 heavy (non-hydrogen) atoms. The first-order valence-electron chi connectivity index (χ1n) is 9.11. The summed E-state index contributed by atoms with van der Waals surface area (Å²) < 4.78 is 0. The van der Waals surface area contributed by atoms with Crippen LogP contribution < -0.4 is 5.32 Å². The molecule has 142 valence electrons. The number of carboxylic acid groups (broad SMARTS) is 1. The second-order valence-electron chi connectivity index (χ2n) is 6.94. The molecule has 1 fully saturated rings. The molecule has 1 atom stereocenters. The van der Waals surface area contributed by atoms with Gasteiger partial charge in [-0.2, -0.15) is 0 Å². The number of piperazine rings is 1. The highest BCUT2D eigenvalue weighted by molar-refractivity contribution is 5.97. The van der Waals surface area contributed by atoms with E-state index in [1.165, 1.54) is 0 Å². The van der Waals surface area contributed by atoms with Gasteiger partial charge < -0.3 is 15.3 Å². The van der Waals surface area contributed by atoms with Gasteiger partial charge in [-0.05, 0) is 30.3 Å². The van der Waals surface area contributed by atoms with E-state index in [2.05, 4.69) is 22.2 Å². The molecule has 6 nitrogen and oxygen atoms in total. The number of carboxylic acids is 1. The Bertz CT molecular complexity index is 786. The summed E-state index contributed by atoms with van der Waals surface area (Å²) in [6, 6.07) is 15.1. The minimum Gasteiger partial charge on any atom is -0.479 e. The van der Waals surface area contributed by atoms with Crippen LogP contribution >= 0.6 is 0 Å². The number of nitrogens with one attached hydrogen (secondary N) is 1.